The molecule has 0 radical (unpaired) electrons. The zero-order valence-electron chi connectivity index (χ0n) is 19.0. The normalized spacial score (nSPS) is 11.0. The van der Waals surface area contributed by atoms with Crippen LogP contribution in [0.2, 0.25) is 0 Å². The minimum atomic E-state index is -0.670. The Morgan fingerprint density at radius 2 is 1.30 bits per heavy atom. The van der Waals surface area contributed by atoms with E-state index >= 15 is 8.78 Å². The molecule has 3 rings (SSSR count). The molecule has 4 nitrogen and oxygen atoms in total. The molecular formula is C26H26BrF2NO3. The van der Waals surface area contributed by atoms with Crippen LogP contribution in [0.15, 0.2) is 59.3 Å². The predicted molar refractivity (Wildman–Crippen MR) is 131 cm³/mol. The highest BCUT2D eigenvalue weighted by Crippen LogP contribution is 2.37. The zero-order valence-corrected chi connectivity index (χ0v) is 20.6. The maximum atomic E-state index is 15.6. The number of halogens is 3. The van der Waals surface area contributed by atoms with Gasteiger partial charge in [0.2, 0.25) is 0 Å². The minimum Gasteiger partial charge on any atom is -0.504 e. The summed E-state index contributed by atoms with van der Waals surface area (Å²) < 4.78 is 46.7. The Labute approximate surface area is 201 Å². The number of benzene rings is 3. The molecule has 0 bridgehead atoms. The summed E-state index contributed by atoms with van der Waals surface area (Å²) in [7, 11) is 4.66. The molecule has 3 aromatic rings. The third-order valence-electron chi connectivity index (χ3n) is 5.33. The highest BCUT2D eigenvalue weighted by atomic mass is 79.9. The van der Waals surface area contributed by atoms with E-state index < -0.39 is 11.6 Å². The van der Waals surface area contributed by atoms with Crippen molar-refractivity contribution in [2.24, 2.45) is 0 Å². The highest BCUT2D eigenvalue weighted by molar-refractivity contribution is 9.10. The molecular weight excluding hydrogens is 492 g/mol. The van der Waals surface area contributed by atoms with E-state index in [9.17, 15) is 0 Å². The van der Waals surface area contributed by atoms with Crippen molar-refractivity contribution in [3.05, 3.63) is 93.2 Å². The largest absolute Gasteiger partial charge is 0.504 e. The van der Waals surface area contributed by atoms with E-state index in [1.807, 2.05) is 48.5 Å². The van der Waals surface area contributed by atoms with E-state index in [-0.39, 0.29) is 10.2 Å². The molecule has 0 unspecified atom stereocenters. The fourth-order valence-electron chi connectivity index (χ4n) is 3.51. The Hall–Kier alpha value is -3.06. The molecule has 0 atom stereocenters. The molecule has 0 fully saturated rings. The Morgan fingerprint density at radius 3 is 1.73 bits per heavy atom. The summed E-state index contributed by atoms with van der Waals surface area (Å²) in [5.41, 5.74) is 2.39. The average molecular weight is 518 g/mol. The summed E-state index contributed by atoms with van der Waals surface area (Å²) in [6.07, 6.45) is 2.92. The molecule has 33 heavy (non-hydrogen) atoms. The topological polar surface area (TPSA) is 30.9 Å². The van der Waals surface area contributed by atoms with Crippen LogP contribution in [-0.4, -0.2) is 21.3 Å². The van der Waals surface area contributed by atoms with Crippen molar-refractivity contribution in [1.82, 2.24) is 0 Å². The first-order valence-corrected chi connectivity index (χ1v) is 11.1. The van der Waals surface area contributed by atoms with Crippen LogP contribution in [0.5, 0.6) is 11.5 Å². The summed E-state index contributed by atoms with van der Waals surface area (Å²) in [4.78, 5) is 1.69. The molecule has 3 aromatic carbocycles. The van der Waals surface area contributed by atoms with Crippen molar-refractivity contribution >= 4 is 27.7 Å². The standard InChI is InChI=1S/C26H26BrF2NO3/c1-17-22(13-14-31-2)23(27)25(29)26(24(17)28)30(15-18-5-9-20(32-3)10-6-18)16-19-7-11-21(33-4)12-8-19/h5-14H,15-16H2,1-4H3/b14-13+. The van der Waals surface area contributed by atoms with Crippen LogP contribution >= 0.6 is 15.9 Å². The summed E-state index contributed by atoms with van der Waals surface area (Å²) >= 11 is 3.31. The first-order valence-electron chi connectivity index (χ1n) is 10.3. The van der Waals surface area contributed by atoms with E-state index in [4.69, 9.17) is 14.2 Å². The van der Waals surface area contributed by atoms with Gasteiger partial charge in [0.1, 0.15) is 17.2 Å². The summed E-state index contributed by atoms with van der Waals surface area (Å²) in [6.45, 7) is 2.21. The first kappa shape index (κ1) is 24.6. The van der Waals surface area contributed by atoms with Gasteiger partial charge in [-0.2, -0.15) is 0 Å². The molecule has 7 heteroatoms. The number of hydrogen-bond acceptors (Lipinski definition) is 4. The quantitative estimate of drug-likeness (QED) is 0.228. The van der Waals surface area contributed by atoms with Gasteiger partial charge in [0.05, 0.1) is 32.1 Å². The molecule has 0 aliphatic heterocycles. The maximum absolute atomic E-state index is 15.6. The highest BCUT2D eigenvalue weighted by Gasteiger charge is 2.25. The smallest absolute Gasteiger partial charge is 0.164 e. The Balaban J connectivity index is 2.07. The fraction of sp³-hybridized carbons (Fsp3) is 0.231. The molecule has 0 spiro atoms. The van der Waals surface area contributed by atoms with Crippen molar-refractivity contribution in [2.45, 2.75) is 20.0 Å². The molecule has 0 heterocycles. The van der Waals surface area contributed by atoms with Crippen molar-refractivity contribution in [2.75, 3.05) is 26.2 Å². The third-order valence-corrected chi connectivity index (χ3v) is 6.11. The lowest BCUT2D eigenvalue weighted by Gasteiger charge is -2.28. The lowest BCUT2D eigenvalue weighted by atomic mass is 10.0. The number of hydrogen-bond donors (Lipinski definition) is 0. The molecule has 0 aromatic heterocycles. The molecule has 0 amide bonds. The van der Waals surface area contributed by atoms with E-state index in [1.165, 1.54) is 19.4 Å². The van der Waals surface area contributed by atoms with Gasteiger partial charge in [0.15, 0.2) is 11.6 Å². The van der Waals surface area contributed by atoms with Gasteiger partial charge in [0.25, 0.3) is 0 Å². The minimum absolute atomic E-state index is 0.0967. The molecule has 0 N–H and O–H groups in total. The van der Waals surface area contributed by atoms with Crippen molar-refractivity contribution in [3.63, 3.8) is 0 Å². The number of anilines is 1. The Bertz CT molecular complexity index is 1040. The van der Waals surface area contributed by atoms with E-state index in [2.05, 4.69) is 15.9 Å². The second-order valence-corrected chi connectivity index (χ2v) is 8.21. The Morgan fingerprint density at radius 1 is 0.818 bits per heavy atom. The van der Waals surface area contributed by atoms with Gasteiger partial charge in [-0.25, -0.2) is 8.78 Å². The monoisotopic (exact) mass is 517 g/mol. The maximum Gasteiger partial charge on any atom is 0.164 e. The molecule has 0 aliphatic carbocycles. The van der Waals surface area contributed by atoms with E-state index in [0.29, 0.717) is 35.7 Å². The first-order chi connectivity index (χ1) is 15.9. The van der Waals surface area contributed by atoms with Gasteiger partial charge in [-0.3, -0.25) is 0 Å². The molecule has 0 saturated heterocycles. The number of ether oxygens (including phenoxy) is 3. The summed E-state index contributed by atoms with van der Waals surface area (Å²) in [5, 5.41) is 0. The third kappa shape index (κ3) is 5.66. The van der Waals surface area contributed by atoms with Crippen LogP contribution in [0.25, 0.3) is 6.08 Å². The van der Waals surface area contributed by atoms with Crippen LogP contribution in [0.1, 0.15) is 22.3 Å². The number of rotatable bonds is 9. The van der Waals surface area contributed by atoms with Gasteiger partial charge in [-0.15, -0.1) is 0 Å². The van der Waals surface area contributed by atoms with Crippen LogP contribution in [-0.2, 0) is 17.8 Å². The van der Waals surface area contributed by atoms with Gasteiger partial charge in [-0.05, 0) is 69.9 Å². The Kier molecular flexibility index (Phi) is 8.33. The van der Waals surface area contributed by atoms with Gasteiger partial charge in [-0.1, -0.05) is 24.3 Å². The van der Waals surface area contributed by atoms with E-state index in [1.54, 1.807) is 26.0 Å². The number of methoxy groups -OCH3 is 3. The van der Waals surface area contributed by atoms with Crippen molar-refractivity contribution < 1.29 is 23.0 Å². The van der Waals surface area contributed by atoms with Gasteiger partial charge in [0, 0.05) is 18.7 Å². The van der Waals surface area contributed by atoms with Crippen molar-refractivity contribution in [3.8, 4) is 11.5 Å². The lowest BCUT2D eigenvalue weighted by molar-refractivity contribution is 0.341. The SMILES string of the molecule is CO/C=C/c1c(C)c(F)c(N(Cc2ccc(OC)cc2)Cc2ccc(OC)cc2)c(F)c1Br. The molecule has 0 saturated carbocycles. The average Bonchev–Trinajstić information content (AvgIpc) is 2.84. The second-order valence-electron chi connectivity index (χ2n) is 7.42. The predicted octanol–water partition coefficient (Wildman–Crippen LogP) is 6.88. The molecule has 0 aliphatic rings. The fourth-order valence-corrected chi connectivity index (χ4v) is 4.12. The van der Waals surface area contributed by atoms with Crippen LogP contribution < -0.4 is 14.4 Å². The summed E-state index contributed by atoms with van der Waals surface area (Å²) in [5.74, 6) is 0.140. The zero-order chi connectivity index (χ0) is 24.0. The van der Waals surface area contributed by atoms with Crippen LogP contribution in [0.4, 0.5) is 14.5 Å². The van der Waals surface area contributed by atoms with Crippen LogP contribution in [0, 0.1) is 18.6 Å². The van der Waals surface area contributed by atoms with Gasteiger partial charge >= 0.3 is 0 Å². The molecule has 174 valence electrons. The second kappa shape index (κ2) is 11.2. The van der Waals surface area contributed by atoms with Crippen molar-refractivity contribution in [1.29, 1.82) is 0 Å². The van der Waals surface area contributed by atoms with Gasteiger partial charge < -0.3 is 19.1 Å². The van der Waals surface area contributed by atoms with E-state index in [0.717, 1.165) is 11.1 Å². The lowest BCUT2D eigenvalue weighted by Crippen LogP contribution is -2.25. The van der Waals surface area contributed by atoms with Crippen LogP contribution in [0.3, 0.4) is 0 Å². The summed E-state index contributed by atoms with van der Waals surface area (Å²) in [6, 6.07) is 14.8. The number of nitrogens with zero attached hydrogens (tertiary/aromatic N) is 1.